The first-order chi connectivity index (χ1) is 26.6. The zero-order valence-electron chi connectivity index (χ0n) is 32.0. The van der Waals surface area contributed by atoms with E-state index in [1.54, 1.807) is 37.2 Å². The number of hydrogen-bond acceptors (Lipinski definition) is 7. The van der Waals surface area contributed by atoms with E-state index in [0.717, 1.165) is 33.9 Å². The highest BCUT2D eigenvalue weighted by molar-refractivity contribution is 7.40. The van der Waals surface area contributed by atoms with Gasteiger partial charge in [-0.2, -0.15) is 7.82 Å². The third-order valence-electron chi connectivity index (χ3n) is 7.51. The minimum atomic E-state index is -5.39. The Morgan fingerprint density at radius 1 is 0.500 bits per heavy atom. The summed E-state index contributed by atoms with van der Waals surface area (Å²) in [6, 6.07) is 26.8. The third-order valence-corrected chi connectivity index (χ3v) is 7.51. The lowest BCUT2D eigenvalue weighted by atomic mass is 10.1. The van der Waals surface area contributed by atoms with Crippen LogP contribution in [0.5, 0.6) is 17.2 Å². The van der Waals surface area contributed by atoms with Crippen molar-refractivity contribution >= 4 is 7.82 Å². The van der Waals surface area contributed by atoms with Crippen LogP contribution < -0.4 is 42.6 Å². The number of phosphoric acid groups is 1. The topological polar surface area (TPSA) is 126 Å². The maximum absolute atomic E-state index is 13.7. The molecule has 10 nitrogen and oxygen atoms in total. The SMILES string of the molecule is CCOc1cccc(-c2c[n+](C)ccc2F)c1.CCOc1cccc(-c2c[n+](C)ccc2F)c1.CCOc1cccc(-c2c[n+](C)ccc2F)c1.O=P([O-])([O-])[O-]. The molecule has 56 heavy (non-hydrogen) atoms. The minimum absolute atomic E-state index is 0.225. The summed E-state index contributed by atoms with van der Waals surface area (Å²) in [5.41, 5.74) is 4.21. The van der Waals surface area contributed by atoms with Crippen LogP contribution in [-0.4, -0.2) is 19.8 Å². The van der Waals surface area contributed by atoms with Crippen LogP contribution in [-0.2, 0) is 25.7 Å². The van der Waals surface area contributed by atoms with Crippen molar-refractivity contribution in [1.29, 1.82) is 0 Å². The molecule has 3 heterocycles. The number of rotatable bonds is 9. The Labute approximate surface area is 325 Å². The van der Waals surface area contributed by atoms with Crippen molar-refractivity contribution < 1.29 is 60.3 Å². The molecule has 0 bridgehead atoms. The lowest BCUT2D eigenvalue weighted by molar-refractivity contribution is -0.671. The van der Waals surface area contributed by atoms with Gasteiger partial charge < -0.3 is 33.5 Å². The molecule has 0 amide bonds. The number of aromatic nitrogens is 3. The van der Waals surface area contributed by atoms with Crippen LogP contribution in [0.25, 0.3) is 33.4 Å². The van der Waals surface area contributed by atoms with Crippen LogP contribution in [0.3, 0.4) is 0 Å². The normalized spacial score (nSPS) is 10.4. The van der Waals surface area contributed by atoms with Crippen molar-refractivity contribution in [2.75, 3.05) is 19.8 Å². The largest absolute Gasteiger partial charge is 0.822 e. The Morgan fingerprint density at radius 2 is 0.750 bits per heavy atom. The van der Waals surface area contributed by atoms with Crippen molar-refractivity contribution in [2.45, 2.75) is 20.8 Å². The fourth-order valence-electron chi connectivity index (χ4n) is 5.14. The minimum Gasteiger partial charge on any atom is -0.822 e. The molecule has 0 aliphatic rings. The number of aryl methyl sites for hydroxylation is 3. The molecule has 0 fully saturated rings. The number of benzene rings is 3. The van der Waals surface area contributed by atoms with Crippen LogP contribution in [0.4, 0.5) is 13.2 Å². The first-order valence-corrected chi connectivity index (χ1v) is 18.9. The molecule has 6 aromatic rings. The van der Waals surface area contributed by atoms with Crippen LogP contribution in [0.15, 0.2) is 128 Å². The fraction of sp³-hybridized carbons (Fsp3) is 0.214. The molecule has 0 radical (unpaired) electrons. The Bertz CT molecular complexity index is 1980. The monoisotopic (exact) mass is 791 g/mol. The average Bonchev–Trinajstić information content (AvgIpc) is 3.15. The van der Waals surface area contributed by atoms with Crippen LogP contribution >= 0.6 is 7.82 Å². The van der Waals surface area contributed by atoms with Crippen LogP contribution in [0.2, 0.25) is 0 Å². The fourth-order valence-corrected chi connectivity index (χ4v) is 5.14. The van der Waals surface area contributed by atoms with E-state index in [0.29, 0.717) is 36.5 Å². The molecule has 0 saturated carbocycles. The molecule has 0 aliphatic carbocycles. The third kappa shape index (κ3) is 15.3. The van der Waals surface area contributed by atoms with E-state index in [1.165, 1.54) is 18.2 Å². The Morgan fingerprint density at radius 3 is 0.982 bits per heavy atom. The average molecular weight is 792 g/mol. The predicted octanol–water partition coefficient (Wildman–Crippen LogP) is 5.32. The van der Waals surface area contributed by atoms with Gasteiger partial charge in [0.25, 0.3) is 0 Å². The van der Waals surface area contributed by atoms with Crippen molar-refractivity contribution in [3.05, 3.63) is 146 Å². The first-order valence-electron chi connectivity index (χ1n) is 17.5. The second kappa shape index (κ2) is 22.1. The van der Waals surface area contributed by atoms with E-state index in [9.17, 15) is 13.2 Å². The molecular formula is C42H45F3N3O7P. The molecule has 0 atom stereocenters. The smallest absolute Gasteiger partial charge is 0.179 e. The lowest BCUT2D eigenvalue weighted by Crippen LogP contribution is -2.26. The highest BCUT2D eigenvalue weighted by atomic mass is 31.2. The van der Waals surface area contributed by atoms with Crippen molar-refractivity contribution in [1.82, 2.24) is 0 Å². The summed E-state index contributed by atoms with van der Waals surface area (Å²) in [6.45, 7) is 7.60. The molecule has 3 aromatic carbocycles. The molecule has 3 aromatic heterocycles. The van der Waals surface area contributed by atoms with Gasteiger partial charge in [0, 0.05) is 18.2 Å². The zero-order chi connectivity index (χ0) is 41.3. The molecule has 0 spiro atoms. The summed E-state index contributed by atoms with van der Waals surface area (Å²) in [6.07, 6.45) is 10.4. The molecule has 6 rings (SSSR count). The highest BCUT2D eigenvalue weighted by Crippen LogP contribution is 2.27. The maximum atomic E-state index is 13.7. The van der Waals surface area contributed by atoms with E-state index in [-0.39, 0.29) is 17.5 Å². The van der Waals surface area contributed by atoms with E-state index in [1.807, 2.05) is 128 Å². The summed E-state index contributed by atoms with van der Waals surface area (Å²) in [5.74, 6) is 1.60. The summed E-state index contributed by atoms with van der Waals surface area (Å²) < 4.78 is 71.4. The van der Waals surface area contributed by atoms with E-state index in [4.69, 9.17) is 33.5 Å². The summed E-state index contributed by atoms with van der Waals surface area (Å²) in [7, 11) is 0.222. The van der Waals surface area contributed by atoms with Gasteiger partial charge in [-0.15, -0.1) is 0 Å². The molecule has 296 valence electrons. The highest BCUT2D eigenvalue weighted by Gasteiger charge is 2.12. The summed E-state index contributed by atoms with van der Waals surface area (Å²) >= 11 is 0. The second-order valence-electron chi connectivity index (χ2n) is 11.9. The van der Waals surface area contributed by atoms with E-state index >= 15 is 0 Å². The standard InChI is InChI=1S/3C14H15FNO.H3O4P/c3*1-3-17-12-6-4-5-11(9-12)13-10-16(2)8-7-14(13)15;1-5(2,3)4/h3*4-10H,3H2,1-2H3;(H3,1,2,3,4)/q3*+1;/p-3. The Balaban J connectivity index is 0.000000212. The van der Waals surface area contributed by atoms with Crippen LogP contribution in [0.1, 0.15) is 20.8 Å². The number of ether oxygens (including phenoxy) is 3. The van der Waals surface area contributed by atoms with Crippen molar-refractivity contribution in [3.8, 4) is 50.6 Å². The van der Waals surface area contributed by atoms with Gasteiger partial charge in [0.1, 0.15) is 55.8 Å². The number of pyridine rings is 3. The quantitative estimate of drug-likeness (QED) is 0.143. The number of hydrogen-bond donors (Lipinski definition) is 0. The van der Waals surface area contributed by atoms with Gasteiger partial charge in [0.15, 0.2) is 37.2 Å². The number of nitrogens with zero attached hydrogens (tertiary/aromatic N) is 3. The van der Waals surface area contributed by atoms with Gasteiger partial charge in [-0.3, -0.25) is 0 Å². The van der Waals surface area contributed by atoms with E-state index in [2.05, 4.69) is 0 Å². The van der Waals surface area contributed by atoms with Gasteiger partial charge in [-0.25, -0.2) is 26.9 Å². The molecule has 0 aliphatic heterocycles. The van der Waals surface area contributed by atoms with Crippen molar-refractivity contribution in [2.24, 2.45) is 21.1 Å². The number of halogens is 3. The van der Waals surface area contributed by atoms with Crippen molar-refractivity contribution in [3.63, 3.8) is 0 Å². The van der Waals surface area contributed by atoms with Gasteiger partial charge >= 0.3 is 0 Å². The lowest BCUT2D eigenvalue weighted by Gasteiger charge is -2.36. The summed E-state index contributed by atoms with van der Waals surface area (Å²) in [4.78, 5) is 25.6. The van der Waals surface area contributed by atoms with Gasteiger partial charge in [0.05, 0.1) is 36.5 Å². The van der Waals surface area contributed by atoms with Gasteiger partial charge in [-0.05, 0) is 73.9 Å². The zero-order valence-corrected chi connectivity index (χ0v) is 32.9. The Kier molecular flexibility index (Phi) is 17.7. The van der Waals surface area contributed by atoms with Gasteiger partial charge in [0.2, 0.25) is 0 Å². The van der Waals surface area contributed by atoms with Gasteiger partial charge in [-0.1, -0.05) is 36.4 Å². The molecule has 14 heteroatoms. The summed E-state index contributed by atoms with van der Waals surface area (Å²) in [5, 5.41) is 0. The second-order valence-corrected chi connectivity index (χ2v) is 12.8. The predicted molar refractivity (Wildman–Crippen MR) is 200 cm³/mol. The maximum Gasteiger partial charge on any atom is 0.179 e. The van der Waals surface area contributed by atoms with Crippen LogP contribution in [0, 0.1) is 17.5 Å². The molecule has 0 saturated heterocycles. The molecule has 0 N–H and O–H groups in total. The van der Waals surface area contributed by atoms with E-state index < -0.39 is 7.82 Å². The molecule has 0 unspecified atom stereocenters. The Hall–Kier alpha value is -5.59. The first kappa shape index (κ1) is 44.8. The molecular weight excluding hydrogens is 746 g/mol.